The van der Waals surface area contributed by atoms with Crippen LogP contribution in [0, 0.1) is 0 Å². The van der Waals surface area contributed by atoms with Crippen LogP contribution in [0.5, 0.6) is 5.75 Å². The second-order valence-corrected chi connectivity index (χ2v) is 5.53. The summed E-state index contributed by atoms with van der Waals surface area (Å²) in [7, 11) is 3.32. The number of H-pyrrole nitrogens is 1. The largest absolute Gasteiger partial charge is 0.497 e. The number of benzene rings is 2. The molecule has 4 nitrogen and oxygen atoms in total. The molecule has 2 aromatic carbocycles. The van der Waals surface area contributed by atoms with Gasteiger partial charge in [-0.25, -0.2) is 0 Å². The van der Waals surface area contributed by atoms with E-state index >= 15 is 0 Å². The van der Waals surface area contributed by atoms with Gasteiger partial charge in [0.05, 0.1) is 7.11 Å². The Morgan fingerprint density at radius 1 is 1.08 bits per heavy atom. The fraction of sp³-hybridized carbons (Fsp3) is 0.286. The maximum atomic E-state index is 12.0. The summed E-state index contributed by atoms with van der Waals surface area (Å²) in [6.07, 6.45) is 2.34. The Kier molecular flexibility index (Phi) is 6.63. The highest BCUT2D eigenvalue weighted by atomic mass is 16.5. The van der Waals surface area contributed by atoms with Gasteiger partial charge in [-0.2, -0.15) is 0 Å². The first-order valence-electron chi connectivity index (χ1n) is 8.63. The van der Waals surface area contributed by atoms with E-state index < -0.39 is 0 Å². The molecule has 0 saturated carbocycles. The van der Waals surface area contributed by atoms with Gasteiger partial charge in [-0.3, -0.25) is 4.79 Å². The zero-order valence-electron chi connectivity index (χ0n) is 15.3. The van der Waals surface area contributed by atoms with E-state index in [4.69, 9.17) is 4.74 Å². The Balaban J connectivity index is 0.00000109. The van der Waals surface area contributed by atoms with E-state index in [0.29, 0.717) is 6.42 Å². The lowest BCUT2D eigenvalue weighted by Crippen LogP contribution is -2.21. The summed E-state index contributed by atoms with van der Waals surface area (Å²) in [6.45, 7) is 4.00. The van der Waals surface area contributed by atoms with Gasteiger partial charge in [-0.15, -0.1) is 0 Å². The van der Waals surface area contributed by atoms with Crippen LogP contribution in [0.3, 0.4) is 0 Å². The number of hydrogen-bond donors (Lipinski definition) is 2. The molecule has 0 aliphatic rings. The van der Waals surface area contributed by atoms with Crippen molar-refractivity contribution in [1.29, 1.82) is 0 Å². The minimum Gasteiger partial charge on any atom is -0.497 e. The average Bonchev–Trinajstić information content (AvgIpc) is 3.15. The summed E-state index contributed by atoms with van der Waals surface area (Å²) in [5.41, 5.74) is 3.30. The van der Waals surface area contributed by atoms with Crippen LogP contribution in [0.25, 0.3) is 10.9 Å². The summed E-state index contributed by atoms with van der Waals surface area (Å²) in [5.74, 6) is 0.846. The third kappa shape index (κ3) is 4.41. The predicted molar refractivity (Wildman–Crippen MR) is 103 cm³/mol. The van der Waals surface area contributed by atoms with E-state index in [1.165, 1.54) is 5.39 Å². The molecular formula is C21H26N2O2. The monoisotopic (exact) mass is 338 g/mol. The standard InChI is InChI=1S/C19H20N2O2.C2H6/c1-20-19(22)12-17(13-5-7-16(23-2)8-6-13)15-4-3-14-9-10-21-18(14)11-15;1-2/h3-11,17,21H,12H2,1-2H3,(H,20,22);1-2H3. The molecule has 0 aliphatic heterocycles. The second kappa shape index (κ2) is 8.92. The van der Waals surface area contributed by atoms with Gasteiger partial charge in [0.1, 0.15) is 5.75 Å². The molecular weight excluding hydrogens is 312 g/mol. The number of aromatic nitrogens is 1. The molecule has 0 bridgehead atoms. The number of carbonyl (C=O) groups is 1. The predicted octanol–water partition coefficient (Wildman–Crippen LogP) is 4.47. The Labute approximate surface area is 149 Å². The molecule has 0 spiro atoms. The Morgan fingerprint density at radius 2 is 1.76 bits per heavy atom. The Morgan fingerprint density at radius 3 is 2.40 bits per heavy atom. The van der Waals surface area contributed by atoms with Crippen molar-refractivity contribution in [3.8, 4) is 5.75 Å². The normalized spacial score (nSPS) is 11.4. The molecule has 0 saturated heterocycles. The zero-order valence-corrected chi connectivity index (χ0v) is 15.3. The second-order valence-electron chi connectivity index (χ2n) is 5.53. The van der Waals surface area contributed by atoms with Crippen LogP contribution in [-0.2, 0) is 4.79 Å². The minimum atomic E-state index is 0.00792. The fourth-order valence-corrected chi connectivity index (χ4v) is 2.83. The highest BCUT2D eigenvalue weighted by molar-refractivity contribution is 5.81. The first-order valence-corrected chi connectivity index (χ1v) is 8.63. The molecule has 4 heteroatoms. The third-order valence-corrected chi connectivity index (χ3v) is 4.17. The lowest BCUT2D eigenvalue weighted by molar-refractivity contribution is -0.120. The molecule has 0 radical (unpaired) electrons. The smallest absolute Gasteiger partial charge is 0.220 e. The first kappa shape index (κ1) is 18.6. The topological polar surface area (TPSA) is 54.1 Å². The molecule has 0 aliphatic carbocycles. The van der Waals surface area contributed by atoms with Gasteiger partial charge in [-0.1, -0.05) is 38.1 Å². The summed E-state index contributed by atoms with van der Waals surface area (Å²) in [6, 6.07) is 16.2. The van der Waals surface area contributed by atoms with Gasteiger partial charge in [0.15, 0.2) is 0 Å². The fourth-order valence-electron chi connectivity index (χ4n) is 2.83. The van der Waals surface area contributed by atoms with Crippen LogP contribution >= 0.6 is 0 Å². The van der Waals surface area contributed by atoms with Crippen LogP contribution < -0.4 is 10.1 Å². The number of carbonyl (C=O) groups excluding carboxylic acids is 1. The molecule has 25 heavy (non-hydrogen) atoms. The molecule has 1 amide bonds. The number of amides is 1. The molecule has 1 heterocycles. The molecule has 2 N–H and O–H groups in total. The molecule has 1 atom stereocenters. The Bertz CT molecular complexity index is 806. The van der Waals surface area contributed by atoms with Crippen molar-refractivity contribution in [3.05, 3.63) is 65.9 Å². The van der Waals surface area contributed by atoms with Crippen LogP contribution in [-0.4, -0.2) is 25.0 Å². The van der Waals surface area contributed by atoms with Gasteiger partial charge in [0, 0.05) is 31.1 Å². The van der Waals surface area contributed by atoms with Crippen molar-refractivity contribution >= 4 is 16.8 Å². The van der Waals surface area contributed by atoms with Crippen molar-refractivity contribution in [1.82, 2.24) is 10.3 Å². The van der Waals surface area contributed by atoms with E-state index in [2.05, 4.69) is 28.5 Å². The van der Waals surface area contributed by atoms with Gasteiger partial charge in [0.25, 0.3) is 0 Å². The van der Waals surface area contributed by atoms with Crippen molar-refractivity contribution in [2.24, 2.45) is 0 Å². The molecule has 132 valence electrons. The maximum absolute atomic E-state index is 12.0. The number of ether oxygens (including phenoxy) is 1. The highest BCUT2D eigenvalue weighted by Gasteiger charge is 2.18. The number of nitrogens with one attached hydrogen (secondary N) is 2. The van der Waals surface area contributed by atoms with Crippen molar-refractivity contribution < 1.29 is 9.53 Å². The van der Waals surface area contributed by atoms with Crippen LogP contribution in [0.1, 0.15) is 37.3 Å². The summed E-state index contributed by atoms with van der Waals surface area (Å²) < 4.78 is 5.22. The van der Waals surface area contributed by atoms with Crippen molar-refractivity contribution in [2.75, 3.05) is 14.2 Å². The quantitative estimate of drug-likeness (QED) is 0.721. The van der Waals surface area contributed by atoms with Gasteiger partial charge in [0.2, 0.25) is 5.91 Å². The highest BCUT2D eigenvalue weighted by Crippen LogP contribution is 2.31. The average molecular weight is 338 g/mol. The molecule has 0 fully saturated rings. The lowest BCUT2D eigenvalue weighted by atomic mass is 9.88. The van der Waals surface area contributed by atoms with Gasteiger partial charge < -0.3 is 15.0 Å². The number of fused-ring (bicyclic) bond motifs is 1. The summed E-state index contributed by atoms with van der Waals surface area (Å²) >= 11 is 0. The number of rotatable bonds is 5. The van der Waals surface area contributed by atoms with Gasteiger partial charge in [-0.05, 0) is 40.8 Å². The van der Waals surface area contributed by atoms with Crippen LogP contribution in [0.15, 0.2) is 54.7 Å². The summed E-state index contributed by atoms with van der Waals surface area (Å²) in [5, 5.41) is 3.89. The molecule has 1 aromatic heterocycles. The molecule has 1 unspecified atom stereocenters. The number of hydrogen-bond acceptors (Lipinski definition) is 2. The zero-order chi connectivity index (χ0) is 18.2. The number of methoxy groups -OCH3 is 1. The summed E-state index contributed by atoms with van der Waals surface area (Å²) in [4.78, 5) is 15.2. The van der Waals surface area contributed by atoms with Gasteiger partial charge >= 0.3 is 0 Å². The van der Waals surface area contributed by atoms with Crippen molar-refractivity contribution in [2.45, 2.75) is 26.2 Å². The third-order valence-electron chi connectivity index (χ3n) is 4.17. The molecule has 3 rings (SSSR count). The van der Waals surface area contributed by atoms with Crippen LogP contribution in [0.2, 0.25) is 0 Å². The molecule has 3 aromatic rings. The maximum Gasteiger partial charge on any atom is 0.220 e. The van der Waals surface area contributed by atoms with Crippen molar-refractivity contribution in [3.63, 3.8) is 0 Å². The van der Waals surface area contributed by atoms with E-state index in [1.807, 2.05) is 50.4 Å². The number of aromatic amines is 1. The van der Waals surface area contributed by atoms with E-state index in [1.54, 1.807) is 14.2 Å². The SMILES string of the molecule is CC.CNC(=O)CC(c1ccc(OC)cc1)c1ccc2cc[nH]c2c1. The Hall–Kier alpha value is -2.75. The van der Waals surface area contributed by atoms with E-state index in [9.17, 15) is 4.79 Å². The van der Waals surface area contributed by atoms with Crippen LogP contribution in [0.4, 0.5) is 0 Å². The van der Waals surface area contributed by atoms with E-state index in [0.717, 1.165) is 22.4 Å². The van der Waals surface area contributed by atoms with E-state index in [-0.39, 0.29) is 11.8 Å². The first-order chi connectivity index (χ1) is 12.2. The lowest BCUT2D eigenvalue weighted by Gasteiger charge is -2.18. The minimum absolute atomic E-state index is 0.00792.